The molecule has 158 valence electrons. The van der Waals surface area contributed by atoms with Crippen LogP contribution in [0.15, 0.2) is 67.0 Å². The summed E-state index contributed by atoms with van der Waals surface area (Å²) < 4.78 is 12.8. The van der Waals surface area contributed by atoms with Crippen LogP contribution in [0.3, 0.4) is 0 Å². The predicted molar refractivity (Wildman–Crippen MR) is 119 cm³/mol. The Morgan fingerprint density at radius 3 is 2.58 bits per heavy atom. The Bertz CT molecular complexity index is 1150. The van der Waals surface area contributed by atoms with E-state index in [2.05, 4.69) is 44.6 Å². The third-order valence-corrected chi connectivity index (χ3v) is 6.08. The summed E-state index contributed by atoms with van der Waals surface area (Å²) >= 11 is 0. The molecule has 0 bridgehead atoms. The number of hydrogen-bond acceptors (Lipinski definition) is 6. The first kappa shape index (κ1) is 19.5. The fourth-order valence-electron chi connectivity index (χ4n) is 4.23. The van der Waals surface area contributed by atoms with Gasteiger partial charge in [-0.2, -0.15) is 14.6 Å². The number of anilines is 1. The molecule has 2 aromatic heterocycles. The molecular weight excluding hydrogens is 390 g/mol. The summed E-state index contributed by atoms with van der Waals surface area (Å²) in [5.41, 5.74) is 3.17. The molecule has 4 aromatic rings. The van der Waals surface area contributed by atoms with E-state index in [0.717, 1.165) is 55.4 Å². The number of hydrogen-bond donors (Lipinski definition) is 1. The van der Waals surface area contributed by atoms with Gasteiger partial charge in [0, 0.05) is 36.8 Å². The normalized spacial score (nSPS) is 15.6. The summed E-state index contributed by atoms with van der Waals surface area (Å²) in [4.78, 5) is 8.99. The molecule has 1 N–H and O–H groups in total. The number of aromatic nitrogens is 4. The lowest BCUT2D eigenvalue weighted by Gasteiger charge is -2.38. The van der Waals surface area contributed by atoms with Crippen molar-refractivity contribution in [3.8, 4) is 17.0 Å². The van der Waals surface area contributed by atoms with Gasteiger partial charge in [-0.05, 0) is 30.5 Å². The minimum Gasteiger partial charge on any atom is -0.497 e. The van der Waals surface area contributed by atoms with Gasteiger partial charge >= 0.3 is 0 Å². The number of ether oxygens (including phenoxy) is 2. The molecule has 5 rings (SSSR count). The molecule has 0 unspecified atom stereocenters. The lowest BCUT2D eigenvalue weighted by molar-refractivity contribution is 0.0543. The molecule has 31 heavy (non-hydrogen) atoms. The van der Waals surface area contributed by atoms with Gasteiger partial charge in [-0.1, -0.05) is 42.5 Å². The molecule has 0 aliphatic carbocycles. The Balaban J connectivity index is 1.48. The van der Waals surface area contributed by atoms with Gasteiger partial charge < -0.3 is 14.8 Å². The van der Waals surface area contributed by atoms with Crippen molar-refractivity contribution in [2.45, 2.75) is 18.3 Å². The van der Waals surface area contributed by atoms with E-state index < -0.39 is 0 Å². The van der Waals surface area contributed by atoms with E-state index in [0.29, 0.717) is 5.78 Å². The SMILES string of the molecule is COc1ccc(C2(CNc3cc(-c4ccccc4)nc4ncnn34)CCOCC2)cc1. The molecule has 2 aromatic carbocycles. The molecule has 0 radical (unpaired) electrons. The molecule has 1 aliphatic rings. The van der Waals surface area contributed by atoms with Gasteiger partial charge in [0.25, 0.3) is 5.78 Å². The summed E-state index contributed by atoms with van der Waals surface area (Å²) in [6.07, 6.45) is 3.43. The number of rotatable bonds is 6. The zero-order chi connectivity index (χ0) is 21.1. The molecule has 1 saturated heterocycles. The van der Waals surface area contributed by atoms with Gasteiger partial charge in [0.1, 0.15) is 17.9 Å². The summed E-state index contributed by atoms with van der Waals surface area (Å²) in [6, 6.07) is 20.6. The van der Waals surface area contributed by atoms with Crippen molar-refractivity contribution < 1.29 is 9.47 Å². The average molecular weight is 415 g/mol. The fraction of sp³-hybridized carbons (Fsp3) is 0.292. The van der Waals surface area contributed by atoms with Gasteiger partial charge in [-0.15, -0.1) is 0 Å². The van der Waals surface area contributed by atoms with Crippen molar-refractivity contribution >= 4 is 11.6 Å². The molecule has 3 heterocycles. The van der Waals surface area contributed by atoms with Gasteiger partial charge in [0.15, 0.2) is 0 Å². The van der Waals surface area contributed by atoms with Gasteiger partial charge in [0.05, 0.1) is 12.8 Å². The maximum absolute atomic E-state index is 5.69. The average Bonchev–Trinajstić information content (AvgIpc) is 3.33. The predicted octanol–water partition coefficient (Wildman–Crippen LogP) is 3.96. The minimum absolute atomic E-state index is 0.0341. The van der Waals surface area contributed by atoms with E-state index in [1.165, 1.54) is 11.9 Å². The van der Waals surface area contributed by atoms with Crippen molar-refractivity contribution in [3.63, 3.8) is 0 Å². The lowest BCUT2D eigenvalue weighted by Crippen LogP contribution is -2.40. The smallest absolute Gasteiger partial charge is 0.254 e. The second kappa shape index (κ2) is 8.35. The van der Waals surface area contributed by atoms with E-state index in [-0.39, 0.29) is 5.41 Å². The molecule has 7 nitrogen and oxygen atoms in total. The standard InChI is InChI=1S/C24H25N5O2/c1-30-20-9-7-19(8-10-20)24(11-13-31-14-12-24)16-25-22-15-21(18-5-3-2-4-6-18)28-23-26-17-27-29(22)23/h2-10,15,17,25H,11-14,16H2,1H3. The van der Waals surface area contributed by atoms with Crippen LogP contribution in [0.25, 0.3) is 17.0 Å². The molecule has 0 amide bonds. The highest BCUT2D eigenvalue weighted by Crippen LogP contribution is 2.36. The molecule has 0 spiro atoms. The van der Waals surface area contributed by atoms with Crippen LogP contribution in [0.5, 0.6) is 5.75 Å². The largest absolute Gasteiger partial charge is 0.497 e. The van der Waals surface area contributed by atoms with Crippen molar-refractivity contribution in [1.82, 2.24) is 19.6 Å². The molecule has 1 aliphatic heterocycles. The summed E-state index contributed by atoms with van der Waals surface area (Å²) in [6.45, 7) is 2.26. The summed E-state index contributed by atoms with van der Waals surface area (Å²) in [5.74, 6) is 2.32. The Kier molecular flexibility index (Phi) is 5.26. The monoisotopic (exact) mass is 415 g/mol. The third-order valence-electron chi connectivity index (χ3n) is 6.08. The zero-order valence-corrected chi connectivity index (χ0v) is 17.5. The van der Waals surface area contributed by atoms with Crippen molar-refractivity contribution in [1.29, 1.82) is 0 Å². The highest BCUT2D eigenvalue weighted by atomic mass is 16.5. The maximum Gasteiger partial charge on any atom is 0.254 e. The van der Waals surface area contributed by atoms with Crippen molar-refractivity contribution in [2.24, 2.45) is 0 Å². The lowest BCUT2D eigenvalue weighted by atomic mass is 9.74. The van der Waals surface area contributed by atoms with E-state index in [9.17, 15) is 0 Å². The topological polar surface area (TPSA) is 73.6 Å². The number of nitrogens with one attached hydrogen (secondary N) is 1. The van der Waals surface area contributed by atoms with Crippen LogP contribution in [0.4, 0.5) is 5.82 Å². The Morgan fingerprint density at radius 2 is 1.84 bits per heavy atom. The fourth-order valence-corrected chi connectivity index (χ4v) is 4.23. The minimum atomic E-state index is -0.0341. The van der Waals surface area contributed by atoms with Crippen LogP contribution in [-0.2, 0) is 10.2 Å². The number of fused-ring (bicyclic) bond motifs is 1. The molecule has 7 heteroatoms. The molecule has 0 atom stereocenters. The number of nitrogens with zero attached hydrogens (tertiary/aromatic N) is 4. The first-order valence-electron chi connectivity index (χ1n) is 10.5. The van der Waals surface area contributed by atoms with Gasteiger partial charge in [-0.3, -0.25) is 0 Å². The van der Waals surface area contributed by atoms with Crippen LogP contribution in [0.1, 0.15) is 18.4 Å². The highest BCUT2D eigenvalue weighted by Gasteiger charge is 2.34. The molecule has 0 saturated carbocycles. The van der Waals surface area contributed by atoms with E-state index in [1.54, 1.807) is 11.6 Å². The second-order valence-electron chi connectivity index (χ2n) is 7.84. The Hall–Kier alpha value is -3.45. The van der Waals surface area contributed by atoms with E-state index >= 15 is 0 Å². The van der Waals surface area contributed by atoms with Crippen LogP contribution in [0.2, 0.25) is 0 Å². The van der Waals surface area contributed by atoms with Crippen LogP contribution < -0.4 is 10.1 Å². The Labute approximate surface area is 181 Å². The maximum atomic E-state index is 5.69. The van der Waals surface area contributed by atoms with Crippen LogP contribution in [-0.4, -0.2) is 46.5 Å². The summed E-state index contributed by atoms with van der Waals surface area (Å²) in [7, 11) is 1.69. The van der Waals surface area contributed by atoms with Gasteiger partial charge in [-0.25, -0.2) is 4.98 Å². The third kappa shape index (κ3) is 3.84. The van der Waals surface area contributed by atoms with Crippen LogP contribution >= 0.6 is 0 Å². The first-order chi connectivity index (χ1) is 15.3. The van der Waals surface area contributed by atoms with E-state index in [1.807, 2.05) is 36.4 Å². The first-order valence-corrected chi connectivity index (χ1v) is 10.5. The molecular formula is C24H25N5O2. The second-order valence-corrected chi connectivity index (χ2v) is 7.84. The van der Waals surface area contributed by atoms with Crippen molar-refractivity contribution in [3.05, 3.63) is 72.6 Å². The quantitative estimate of drug-likeness (QED) is 0.514. The number of methoxy groups -OCH3 is 1. The molecule has 1 fully saturated rings. The summed E-state index contributed by atoms with van der Waals surface area (Å²) in [5, 5.41) is 8.03. The number of benzene rings is 2. The van der Waals surface area contributed by atoms with E-state index in [4.69, 9.17) is 9.47 Å². The van der Waals surface area contributed by atoms with Crippen LogP contribution in [0, 0.1) is 0 Å². The highest BCUT2D eigenvalue weighted by molar-refractivity contribution is 5.65. The van der Waals surface area contributed by atoms with Crippen molar-refractivity contribution in [2.75, 3.05) is 32.2 Å². The zero-order valence-electron chi connectivity index (χ0n) is 17.5. The Morgan fingerprint density at radius 1 is 1.06 bits per heavy atom. The van der Waals surface area contributed by atoms with Gasteiger partial charge in [0.2, 0.25) is 0 Å².